The number of carbonyl (C=O) groups excluding carboxylic acids is 1. The van der Waals surface area contributed by atoms with Gasteiger partial charge in [-0.3, -0.25) is 0 Å². The maximum atomic E-state index is 12.3. The van der Waals surface area contributed by atoms with Crippen molar-refractivity contribution in [1.29, 1.82) is 5.26 Å². The van der Waals surface area contributed by atoms with Crippen LogP contribution in [0, 0.1) is 11.3 Å². The first-order chi connectivity index (χ1) is 10.5. The summed E-state index contributed by atoms with van der Waals surface area (Å²) < 4.78 is 5.92. The lowest BCUT2D eigenvalue weighted by Crippen LogP contribution is -2.29. The first-order valence-electron chi connectivity index (χ1n) is 6.73. The number of allylic oxidation sites excluding steroid dienone is 2. The fraction of sp³-hybridized carbons (Fsp3) is 0.250. The molecule has 0 aliphatic carbocycles. The number of benzene rings is 1. The van der Waals surface area contributed by atoms with Crippen molar-refractivity contribution < 1.29 is 14.6 Å². The molecule has 114 valence electrons. The Balaban J connectivity index is 2.62. The number of hydrogen-bond donors (Lipinski definition) is 2. The maximum absolute atomic E-state index is 12.3. The third kappa shape index (κ3) is 3.00. The molecule has 1 aliphatic heterocycles. The van der Waals surface area contributed by atoms with E-state index in [0.29, 0.717) is 11.3 Å². The average Bonchev–Trinajstić information content (AvgIpc) is 2.46. The van der Waals surface area contributed by atoms with Crippen molar-refractivity contribution in [1.82, 2.24) is 5.32 Å². The Labute approximate surface area is 137 Å². The van der Waals surface area contributed by atoms with Crippen molar-refractivity contribution in [3.8, 4) is 6.07 Å². The quantitative estimate of drug-likeness (QED) is 0.806. The van der Waals surface area contributed by atoms with E-state index in [4.69, 9.17) is 4.74 Å². The van der Waals surface area contributed by atoms with Gasteiger partial charge in [0.05, 0.1) is 18.1 Å². The van der Waals surface area contributed by atoms with E-state index in [2.05, 4.69) is 21.2 Å². The molecule has 2 rings (SSSR count). The number of ether oxygens (including phenoxy) is 1. The molecule has 2 N–H and O–H groups in total. The Morgan fingerprint density at radius 1 is 1.55 bits per heavy atom. The number of nitrogens with zero attached hydrogens (tertiary/aromatic N) is 1. The number of nitriles is 1. The van der Waals surface area contributed by atoms with Crippen LogP contribution in [-0.4, -0.2) is 17.7 Å². The molecule has 1 heterocycles. The van der Waals surface area contributed by atoms with Gasteiger partial charge in [0, 0.05) is 10.2 Å². The third-order valence-corrected chi connectivity index (χ3v) is 3.83. The second kappa shape index (κ2) is 6.67. The molecule has 6 heteroatoms. The molecule has 1 aromatic rings. The zero-order chi connectivity index (χ0) is 16.3. The van der Waals surface area contributed by atoms with E-state index in [-0.39, 0.29) is 18.1 Å². The van der Waals surface area contributed by atoms with Crippen molar-refractivity contribution in [2.45, 2.75) is 19.8 Å². The fourth-order valence-corrected chi connectivity index (χ4v) is 2.84. The van der Waals surface area contributed by atoms with Crippen LogP contribution in [0.25, 0.3) is 0 Å². The van der Waals surface area contributed by atoms with Crippen molar-refractivity contribution in [3.05, 3.63) is 57.0 Å². The number of rotatable bonds is 3. The van der Waals surface area contributed by atoms with Crippen LogP contribution < -0.4 is 5.32 Å². The predicted molar refractivity (Wildman–Crippen MR) is 84.6 cm³/mol. The molecule has 0 saturated heterocycles. The van der Waals surface area contributed by atoms with Gasteiger partial charge in [-0.2, -0.15) is 5.26 Å². The van der Waals surface area contributed by atoms with Crippen LogP contribution in [0.5, 0.6) is 0 Å². The van der Waals surface area contributed by atoms with Gasteiger partial charge < -0.3 is 15.2 Å². The highest BCUT2D eigenvalue weighted by molar-refractivity contribution is 9.10. The highest BCUT2D eigenvalue weighted by Gasteiger charge is 2.35. The predicted octanol–water partition coefficient (Wildman–Crippen LogP) is 3.27. The van der Waals surface area contributed by atoms with Crippen molar-refractivity contribution >= 4 is 21.9 Å². The van der Waals surface area contributed by atoms with Gasteiger partial charge in [-0.15, -0.1) is 0 Å². The molecule has 1 unspecified atom stereocenters. The van der Waals surface area contributed by atoms with Crippen LogP contribution >= 0.6 is 15.9 Å². The molecule has 0 amide bonds. The zero-order valence-electron chi connectivity index (χ0n) is 12.2. The van der Waals surface area contributed by atoms with Gasteiger partial charge in [0.1, 0.15) is 11.6 Å². The molecule has 5 nitrogen and oxygen atoms in total. The SMILES string of the molecule is CCOC(=O)C1=C(C)NC(O)=C(C#N)C1c1cccc(Br)c1. The summed E-state index contributed by atoms with van der Waals surface area (Å²) in [6.45, 7) is 3.62. The van der Waals surface area contributed by atoms with Crippen LogP contribution in [0.1, 0.15) is 25.3 Å². The molecular weight excluding hydrogens is 348 g/mol. The molecule has 1 atom stereocenters. The first kappa shape index (κ1) is 16.1. The van der Waals surface area contributed by atoms with Gasteiger partial charge in [-0.05, 0) is 31.5 Å². The van der Waals surface area contributed by atoms with E-state index in [0.717, 1.165) is 10.0 Å². The summed E-state index contributed by atoms with van der Waals surface area (Å²) in [5, 5.41) is 22.1. The lowest BCUT2D eigenvalue weighted by molar-refractivity contribution is -0.138. The number of carbonyl (C=O) groups is 1. The number of aliphatic hydroxyl groups excluding tert-OH is 1. The molecular formula is C16H15BrN2O3. The van der Waals surface area contributed by atoms with Gasteiger partial charge in [-0.1, -0.05) is 28.1 Å². The van der Waals surface area contributed by atoms with Crippen LogP contribution in [0.15, 0.2) is 51.5 Å². The summed E-state index contributed by atoms with van der Waals surface area (Å²) in [4.78, 5) is 12.3. The second-order valence-electron chi connectivity index (χ2n) is 4.75. The van der Waals surface area contributed by atoms with E-state index in [9.17, 15) is 15.2 Å². The minimum absolute atomic E-state index is 0.0896. The fourth-order valence-electron chi connectivity index (χ4n) is 2.43. The summed E-state index contributed by atoms with van der Waals surface area (Å²) in [5.74, 6) is -1.40. The van der Waals surface area contributed by atoms with E-state index < -0.39 is 11.9 Å². The third-order valence-electron chi connectivity index (χ3n) is 3.34. The van der Waals surface area contributed by atoms with Crippen molar-refractivity contribution in [3.63, 3.8) is 0 Å². The lowest BCUT2D eigenvalue weighted by atomic mass is 9.82. The topological polar surface area (TPSA) is 82.3 Å². The van der Waals surface area contributed by atoms with Crippen molar-refractivity contribution in [2.75, 3.05) is 6.61 Å². The van der Waals surface area contributed by atoms with Gasteiger partial charge in [-0.25, -0.2) is 4.79 Å². The van der Waals surface area contributed by atoms with E-state index in [1.54, 1.807) is 19.9 Å². The molecule has 0 saturated carbocycles. The van der Waals surface area contributed by atoms with Crippen LogP contribution in [0.2, 0.25) is 0 Å². The highest BCUT2D eigenvalue weighted by atomic mass is 79.9. The number of dihydropyridines is 1. The summed E-state index contributed by atoms with van der Waals surface area (Å²) in [6, 6.07) is 9.25. The number of esters is 1. The normalized spacial score (nSPS) is 17.8. The summed E-state index contributed by atoms with van der Waals surface area (Å²) in [6.07, 6.45) is 0. The lowest BCUT2D eigenvalue weighted by Gasteiger charge is -2.27. The van der Waals surface area contributed by atoms with Gasteiger partial charge in [0.15, 0.2) is 0 Å². The first-order valence-corrected chi connectivity index (χ1v) is 7.52. The van der Waals surface area contributed by atoms with E-state index in [1.165, 1.54) is 0 Å². The van der Waals surface area contributed by atoms with Crippen LogP contribution in [-0.2, 0) is 9.53 Å². The second-order valence-corrected chi connectivity index (χ2v) is 5.66. The van der Waals surface area contributed by atoms with Crippen LogP contribution in [0.4, 0.5) is 0 Å². The van der Waals surface area contributed by atoms with Crippen LogP contribution in [0.3, 0.4) is 0 Å². The minimum Gasteiger partial charge on any atom is -0.494 e. The highest BCUT2D eigenvalue weighted by Crippen LogP contribution is 2.38. The molecule has 0 spiro atoms. The van der Waals surface area contributed by atoms with Crippen molar-refractivity contribution in [2.24, 2.45) is 0 Å². The zero-order valence-corrected chi connectivity index (χ0v) is 13.8. The Morgan fingerprint density at radius 3 is 2.86 bits per heavy atom. The molecule has 1 aromatic carbocycles. The van der Waals surface area contributed by atoms with Gasteiger partial charge >= 0.3 is 5.97 Å². The van der Waals surface area contributed by atoms with Gasteiger partial charge in [0.25, 0.3) is 0 Å². The van der Waals surface area contributed by atoms with E-state index >= 15 is 0 Å². The molecule has 0 radical (unpaired) electrons. The summed E-state index contributed by atoms with van der Waals surface area (Å²) in [7, 11) is 0. The largest absolute Gasteiger partial charge is 0.494 e. The number of hydrogen-bond acceptors (Lipinski definition) is 5. The number of halogens is 1. The summed E-state index contributed by atoms with van der Waals surface area (Å²) >= 11 is 3.38. The van der Waals surface area contributed by atoms with Gasteiger partial charge in [0.2, 0.25) is 5.88 Å². The average molecular weight is 363 g/mol. The Bertz CT molecular complexity index is 716. The monoisotopic (exact) mass is 362 g/mol. The summed E-state index contributed by atoms with van der Waals surface area (Å²) in [5.41, 5.74) is 1.61. The molecule has 1 aliphatic rings. The standard InChI is InChI=1S/C16H15BrN2O3/c1-3-22-16(21)13-9(2)19-15(20)12(8-18)14(13)10-5-4-6-11(17)7-10/h4-7,14,19-20H,3H2,1-2H3. The molecule has 0 fully saturated rings. The maximum Gasteiger partial charge on any atom is 0.336 e. The van der Waals surface area contributed by atoms with E-state index in [1.807, 2.05) is 24.3 Å². The number of aliphatic hydroxyl groups is 1. The molecule has 0 aromatic heterocycles. The Hall–Kier alpha value is -2.26. The Kier molecular flexibility index (Phi) is 4.88. The molecule has 22 heavy (non-hydrogen) atoms. The minimum atomic E-state index is -0.664. The smallest absolute Gasteiger partial charge is 0.336 e. The number of nitrogens with one attached hydrogen (secondary N) is 1. The Morgan fingerprint density at radius 2 is 2.27 bits per heavy atom. The molecule has 0 bridgehead atoms.